The fraction of sp³-hybridized carbons (Fsp3) is 0.611. The van der Waals surface area contributed by atoms with Gasteiger partial charge in [-0.15, -0.1) is 10.2 Å². The van der Waals surface area contributed by atoms with Crippen molar-refractivity contribution in [1.29, 1.82) is 0 Å². The number of hydrogen-bond donors (Lipinski definition) is 0. The summed E-state index contributed by atoms with van der Waals surface area (Å²) in [6, 6.07) is 3.61. The SMILES string of the molecule is O=C(CC1CCCC1)N1CCC(c2nnc(-c3ccco3)o2)CC1. The summed E-state index contributed by atoms with van der Waals surface area (Å²) < 4.78 is 11.0. The Morgan fingerprint density at radius 1 is 1.17 bits per heavy atom. The van der Waals surface area contributed by atoms with Crippen molar-refractivity contribution in [1.82, 2.24) is 15.1 Å². The average molecular weight is 329 g/mol. The maximum atomic E-state index is 12.4. The van der Waals surface area contributed by atoms with Crippen LogP contribution in [0.3, 0.4) is 0 Å². The highest BCUT2D eigenvalue weighted by molar-refractivity contribution is 5.76. The molecule has 2 fully saturated rings. The Bertz CT molecular complexity index is 666. The minimum Gasteiger partial charge on any atom is -0.459 e. The lowest BCUT2D eigenvalue weighted by atomic mass is 9.95. The van der Waals surface area contributed by atoms with Crippen LogP contribution >= 0.6 is 0 Å². The topological polar surface area (TPSA) is 72.4 Å². The molecule has 1 saturated heterocycles. The lowest BCUT2D eigenvalue weighted by Crippen LogP contribution is -2.38. The van der Waals surface area contributed by atoms with Crippen LogP contribution in [-0.2, 0) is 4.79 Å². The molecule has 0 bridgehead atoms. The molecule has 0 aromatic carbocycles. The Balaban J connectivity index is 1.32. The average Bonchev–Trinajstić information content (AvgIpc) is 3.36. The van der Waals surface area contributed by atoms with E-state index < -0.39 is 0 Å². The zero-order chi connectivity index (χ0) is 16.4. The first-order chi connectivity index (χ1) is 11.8. The van der Waals surface area contributed by atoms with Crippen LogP contribution in [0.25, 0.3) is 11.7 Å². The number of rotatable bonds is 4. The van der Waals surface area contributed by atoms with Crippen molar-refractivity contribution in [2.75, 3.05) is 13.1 Å². The van der Waals surface area contributed by atoms with Gasteiger partial charge in [-0.3, -0.25) is 4.79 Å². The lowest BCUT2D eigenvalue weighted by Gasteiger charge is -2.31. The Labute approximate surface area is 141 Å². The number of nitrogens with zero attached hydrogens (tertiary/aromatic N) is 3. The summed E-state index contributed by atoms with van der Waals surface area (Å²) in [6.45, 7) is 1.57. The summed E-state index contributed by atoms with van der Waals surface area (Å²) in [7, 11) is 0. The van der Waals surface area contributed by atoms with Gasteiger partial charge in [0.15, 0.2) is 5.76 Å². The fourth-order valence-corrected chi connectivity index (χ4v) is 3.87. The van der Waals surface area contributed by atoms with Crippen molar-refractivity contribution in [3.8, 4) is 11.7 Å². The Kier molecular flexibility index (Phi) is 4.36. The highest BCUT2D eigenvalue weighted by atomic mass is 16.4. The largest absolute Gasteiger partial charge is 0.459 e. The molecule has 24 heavy (non-hydrogen) atoms. The molecule has 0 radical (unpaired) electrons. The number of likely N-dealkylation sites (tertiary alicyclic amines) is 1. The van der Waals surface area contributed by atoms with Crippen molar-refractivity contribution in [3.63, 3.8) is 0 Å². The van der Waals surface area contributed by atoms with Gasteiger partial charge in [0.2, 0.25) is 11.8 Å². The van der Waals surface area contributed by atoms with Crippen molar-refractivity contribution in [2.24, 2.45) is 5.92 Å². The van der Waals surface area contributed by atoms with Gasteiger partial charge < -0.3 is 13.7 Å². The Morgan fingerprint density at radius 3 is 2.67 bits per heavy atom. The predicted octanol–water partition coefficient (Wildman–Crippen LogP) is 3.62. The molecule has 0 unspecified atom stereocenters. The molecule has 2 aliphatic rings. The molecule has 128 valence electrons. The van der Waals surface area contributed by atoms with Gasteiger partial charge in [-0.1, -0.05) is 12.8 Å². The molecule has 3 heterocycles. The van der Waals surface area contributed by atoms with Crippen molar-refractivity contribution >= 4 is 5.91 Å². The molecular formula is C18H23N3O3. The highest BCUT2D eigenvalue weighted by Gasteiger charge is 2.29. The number of hydrogen-bond acceptors (Lipinski definition) is 5. The van der Waals surface area contributed by atoms with Crippen LogP contribution in [0.15, 0.2) is 27.2 Å². The normalized spacial score (nSPS) is 19.9. The molecule has 4 rings (SSSR count). The zero-order valence-corrected chi connectivity index (χ0v) is 13.8. The molecule has 1 aliphatic carbocycles. The number of carbonyl (C=O) groups excluding carboxylic acids is 1. The van der Waals surface area contributed by atoms with Gasteiger partial charge >= 0.3 is 0 Å². The number of piperidine rings is 1. The quantitative estimate of drug-likeness (QED) is 0.856. The van der Waals surface area contributed by atoms with E-state index in [1.807, 2.05) is 11.0 Å². The molecule has 0 N–H and O–H groups in total. The third-order valence-corrected chi connectivity index (χ3v) is 5.31. The van der Waals surface area contributed by atoms with Crippen LogP contribution < -0.4 is 0 Å². The van der Waals surface area contributed by atoms with E-state index in [9.17, 15) is 4.79 Å². The van der Waals surface area contributed by atoms with E-state index in [-0.39, 0.29) is 5.92 Å². The molecule has 6 nitrogen and oxygen atoms in total. The summed E-state index contributed by atoms with van der Waals surface area (Å²) >= 11 is 0. The van der Waals surface area contributed by atoms with E-state index in [1.165, 1.54) is 25.7 Å². The van der Waals surface area contributed by atoms with Gasteiger partial charge in [0.25, 0.3) is 5.89 Å². The molecule has 2 aromatic heterocycles. The maximum Gasteiger partial charge on any atom is 0.283 e. The van der Waals surface area contributed by atoms with E-state index >= 15 is 0 Å². The van der Waals surface area contributed by atoms with Gasteiger partial charge in [-0.25, -0.2) is 0 Å². The second kappa shape index (κ2) is 6.79. The third kappa shape index (κ3) is 3.23. The van der Waals surface area contributed by atoms with E-state index in [4.69, 9.17) is 8.83 Å². The van der Waals surface area contributed by atoms with Crippen LogP contribution in [0.5, 0.6) is 0 Å². The van der Waals surface area contributed by atoms with Gasteiger partial charge in [-0.05, 0) is 43.7 Å². The first kappa shape index (κ1) is 15.4. The van der Waals surface area contributed by atoms with Crippen molar-refractivity contribution < 1.29 is 13.6 Å². The minimum atomic E-state index is 0.233. The van der Waals surface area contributed by atoms with Gasteiger partial charge in [0.1, 0.15) is 0 Å². The Morgan fingerprint density at radius 2 is 1.96 bits per heavy atom. The second-order valence-corrected chi connectivity index (χ2v) is 6.93. The van der Waals surface area contributed by atoms with Crippen LogP contribution in [-0.4, -0.2) is 34.1 Å². The molecule has 0 atom stereocenters. The van der Waals surface area contributed by atoms with E-state index in [0.717, 1.165) is 32.4 Å². The molecule has 1 amide bonds. The first-order valence-corrected chi connectivity index (χ1v) is 8.94. The highest BCUT2D eigenvalue weighted by Crippen LogP contribution is 2.31. The van der Waals surface area contributed by atoms with Crippen LogP contribution in [0.1, 0.15) is 56.8 Å². The van der Waals surface area contributed by atoms with E-state index in [2.05, 4.69) is 10.2 Å². The Hall–Kier alpha value is -2.11. The minimum absolute atomic E-state index is 0.233. The number of aromatic nitrogens is 2. The van der Waals surface area contributed by atoms with E-state index in [1.54, 1.807) is 12.3 Å². The van der Waals surface area contributed by atoms with Crippen LogP contribution in [0.2, 0.25) is 0 Å². The van der Waals surface area contributed by atoms with Crippen molar-refractivity contribution in [2.45, 2.75) is 50.9 Å². The van der Waals surface area contributed by atoms with Crippen LogP contribution in [0.4, 0.5) is 0 Å². The molecule has 1 aliphatic heterocycles. The molecule has 0 spiro atoms. The van der Waals surface area contributed by atoms with Gasteiger partial charge in [0, 0.05) is 25.4 Å². The summed E-state index contributed by atoms with van der Waals surface area (Å²) in [4.78, 5) is 14.4. The maximum absolute atomic E-state index is 12.4. The number of amides is 1. The first-order valence-electron chi connectivity index (χ1n) is 8.94. The van der Waals surface area contributed by atoms with Crippen molar-refractivity contribution in [3.05, 3.63) is 24.3 Å². The smallest absolute Gasteiger partial charge is 0.283 e. The summed E-state index contributed by atoms with van der Waals surface area (Å²) in [5, 5.41) is 8.23. The summed E-state index contributed by atoms with van der Waals surface area (Å²) in [5.74, 6) is 2.85. The summed E-state index contributed by atoms with van der Waals surface area (Å²) in [6.07, 6.45) is 9.11. The van der Waals surface area contributed by atoms with E-state index in [0.29, 0.717) is 29.4 Å². The third-order valence-electron chi connectivity index (χ3n) is 5.31. The molecular weight excluding hydrogens is 306 g/mol. The standard InChI is InChI=1S/C18H23N3O3/c22-16(12-13-4-1-2-5-13)21-9-7-14(8-10-21)17-19-20-18(24-17)15-6-3-11-23-15/h3,6,11,13-14H,1-2,4-5,7-10,12H2. The van der Waals surface area contributed by atoms with Gasteiger partial charge in [0.05, 0.1) is 6.26 Å². The number of carbonyl (C=O) groups is 1. The van der Waals surface area contributed by atoms with Gasteiger partial charge in [-0.2, -0.15) is 0 Å². The monoisotopic (exact) mass is 329 g/mol. The fourth-order valence-electron chi connectivity index (χ4n) is 3.87. The lowest BCUT2D eigenvalue weighted by molar-refractivity contribution is -0.133. The number of furan rings is 1. The molecule has 6 heteroatoms. The molecule has 2 aromatic rings. The second-order valence-electron chi connectivity index (χ2n) is 6.93. The zero-order valence-electron chi connectivity index (χ0n) is 13.8. The predicted molar refractivity (Wildman–Crippen MR) is 87.1 cm³/mol. The molecule has 1 saturated carbocycles. The van der Waals surface area contributed by atoms with Crippen LogP contribution in [0, 0.1) is 5.92 Å². The summed E-state index contributed by atoms with van der Waals surface area (Å²) in [5.41, 5.74) is 0.